The molecule has 0 saturated carbocycles. The number of benzene rings is 1. The fourth-order valence-corrected chi connectivity index (χ4v) is 2.69. The predicted octanol–water partition coefficient (Wildman–Crippen LogP) is 3.18. The molecule has 1 aromatic heterocycles. The zero-order valence-electron chi connectivity index (χ0n) is 10.5. The van der Waals surface area contributed by atoms with E-state index >= 15 is 0 Å². The molecule has 20 heavy (non-hydrogen) atoms. The van der Waals surface area contributed by atoms with Gasteiger partial charge in [-0.3, -0.25) is 0 Å². The summed E-state index contributed by atoms with van der Waals surface area (Å²) in [6, 6.07) is 1.74. The lowest BCUT2D eigenvalue weighted by atomic mass is 9.95. The van der Waals surface area contributed by atoms with Gasteiger partial charge in [0.1, 0.15) is 0 Å². The van der Waals surface area contributed by atoms with Crippen LogP contribution in [0, 0.1) is 17.5 Å². The third-order valence-corrected chi connectivity index (χ3v) is 3.69. The second-order valence-electron chi connectivity index (χ2n) is 4.84. The second kappa shape index (κ2) is 4.47. The molecule has 0 atom stereocenters. The van der Waals surface area contributed by atoms with Crippen LogP contribution in [0.5, 0.6) is 11.8 Å². The van der Waals surface area contributed by atoms with Crippen LogP contribution in [0.25, 0.3) is 5.69 Å². The van der Waals surface area contributed by atoms with Crippen molar-refractivity contribution >= 4 is 0 Å². The van der Waals surface area contributed by atoms with Gasteiger partial charge in [-0.15, -0.1) is 0 Å². The molecule has 0 bridgehead atoms. The Kier molecular flexibility index (Phi) is 2.88. The molecule has 0 aliphatic heterocycles. The van der Waals surface area contributed by atoms with Gasteiger partial charge in [0, 0.05) is 11.1 Å². The smallest absolute Gasteiger partial charge is 0.202 e. The standard InChI is InChI=1S/C14H12F3NO2/c15-9-5-6-10(12(17)11(9)16)18-13(19)7-3-1-2-4-8(7)14(18)20/h5-6,19-20H,1-4H2. The first-order valence-corrected chi connectivity index (χ1v) is 6.30. The molecule has 0 unspecified atom stereocenters. The van der Waals surface area contributed by atoms with Crippen molar-refractivity contribution in [1.29, 1.82) is 0 Å². The first-order chi connectivity index (χ1) is 9.52. The molecule has 1 aliphatic carbocycles. The van der Waals surface area contributed by atoms with Gasteiger partial charge in [-0.05, 0) is 37.8 Å². The Labute approximate surface area is 112 Å². The van der Waals surface area contributed by atoms with Crippen LogP contribution in [0.15, 0.2) is 12.1 Å². The van der Waals surface area contributed by atoms with Gasteiger partial charge in [0.2, 0.25) is 11.8 Å². The van der Waals surface area contributed by atoms with E-state index in [4.69, 9.17) is 0 Å². The Morgan fingerprint density at radius 1 is 0.850 bits per heavy atom. The van der Waals surface area contributed by atoms with E-state index in [9.17, 15) is 23.4 Å². The average molecular weight is 283 g/mol. The molecule has 0 saturated heterocycles. The summed E-state index contributed by atoms with van der Waals surface area (Å²) in [5, 5.41) is 20.2. The monoisotopic (exact) mass is 283 g/mol. The van der Waals surface area contributed by atoms with Crippen molar-refractivity contribution in [3.8, 4) is 17.4 Å². The molecule has 1 heterocycles. The minimum atomic E-state index is -1.63. The summed E-state index contributed by atoms with van der Waals surface area (Å²) >= 11 is 0. The summed E-state index contributed by atoms with van der Waals surface area (Å²) in [6.45, 7) is 0. The average Bonchev–Trinajstić information content (AvgIpc) is 2.70. The van der Waals surface area contributed by atoms with Gasteiger partial charge in [-0.25, -0.2) is 17.7 Å². The Morgan fingerprint density at radius 2 is 1.40 bits per heavy atom. The van der Waals surface area contributed by atoms with Gasteiger partial charge < -0.3 is 10.2 Å². The van der Waals surface area contributed by atoms with E-state index in [2.05, 4.69) is 0 Å². The van der Waals surface area contributed by atoms with Crippen molar-refractivity contribution in [2.45, 2.75) is 25.7 Å². The molecule has 106 valence electrons. The Morgan fingerprint density at radius 3 is 1.95 bits per heavy atom. The van der Waals surface area contributed by atoms with Gasteiger partial charge in [-0.1, -0.05) is 0 Å². The van der Waals surface area contributed by atoms with Gasteiger partial charge >= 0.3 is 0 Å². The number of halogens is 3. The summed E-state index contributed by atoms with van der Waals surface area (Å²) in [6.07, 6.45) is 2.83. The summed E-state index contributed by atoms with van der Waals surface area (Å²) in [5.74, 6) is -5.03. The number of aromatic nitrogens is 1. The number of aromatic hydroxyl groups is 2. The molecule has 3 rings (SSSR count). The fraction of sp³-hybridized carbons (Fsp3) is 0.286. The summed E-state index contributed by atoms with van der Waals surface area (Å²) in [7, 11) is 0. The lowest BCUT2D eigenvalue weighted by molar-refractivity contribution is 0.390. The van der Waals surface area contributed by atoms with Crippen LogP contribution in [-0.2, 0) is 12.8 Å². The number of nitrogens with zero attached hydrogens (tertiary/aromatic N) is 1. The lowest BCUT2D eigenvalue weighted by Gasteiger charge is -2.09. The SMILES string of the molecule is Oc1c2c(c(O)n1-c1ccc(F)c(F)c1F)CCCC2. The minimum absolute atomic E-state index is 0.317. The Balaban J connectivity index is 2.26. The largest absolute Gasteiger partial charge is 0.494 e. The van der Waals surface area contributed by atoms with E-state index in [1.807, 2.05) is 0 Å². The molecule has 6 heteroatoms. The highest BCUT2D eigenvalue weighted by atomic mass is 19.2. The molecule has 3 nitrogen and oxygen atoms in total. The van der Waals surface area contributed by atoms with Crippen LogP contribution in [0.4, 0.5) is 13.2 Å². The molecule has 2 aromatic rings. The highest BCUT2D eigenvalue weighted by Gasteiger charge is 2.27. The zero-order valence-corrected chi connectivity index (χ0v) is 10.5. The molecule has 0 spiro atoms. The maximum Gasteiger partial charge on any atom is 0.202 e. The van der Waals surface area contributed by atoms with E-state index < -0.39 is 23.1 Å². The van der Waals surface area contributed by atoms with Crippen LogP contribution in [0.3, 0.4) is 0 Å². The van der Waals surface area contributed by atoms with Crippen molar-refractivity contribution in [2.75, 3.05) is 0 Å². The van der Waals surface area contributed by atoms with Crippen LogP contribution in [0.2, 0.25) is 0 Å². The highest BCUT2D eigenvalue weighted by Crippen LogP contribution is 2.41. The van der Waals surface area contributed by atoms with E-state index in [1.54, 1.807) is 0 Å². The first-order valence-electron chi connectivity index (χ1n) is 6.30. The van der Waals surface area contributed by atoms with Crippen LogP contribution in [-0.4, -0.2) is 14.8 Å². The Bertz CT molecular complexity index is 665. The summed E-state index contributed by atoms with van der Waals surface area (Å²) < 4.78 is 40.9. The molecular weight excluding hydrogens is 271 g/mol. The third-order valence-electron chi connectivity index (χ3n) is 3.69. The van der Waals surface area contributed by atoms with Gasteiger partial charge in [0.05, 0.1) is 5.69 Å². The van der Waals surface area contributed by atoms with Gasteiger partial charge in [-0.2, -0.15) is 0 Å². The fourth-order valence-electron chi connectivity index (χ4n) is 2.69. The van der Waals surface area contributed by atoms with Crippen LogP contribution < -0.4 is 0 Å². The predicted molar refractivity (Wildman–Crippen MR) is 65.6 cm³/mol. The maximum absolute atomic E-state index is 13.8. The topological polar surface area (TPSA) is 45.4 Å². The number of hydrogen-bond acceptors (Lipinski definition) is 2. The second-order valence-corrected chi connectivity index (χ2v) is 4.84. The van der Waals surface area contributed by atoms with Gasteiger partial charge in [0.15, 0.2) is 17.5 Å². The normalized spacial score (nSPS) is 14.3. The van der Waals surface area contributed by atoms with Crippen molar-refractivity contribution < 1.29 is 23.4 Å². The summed E-state index contributed by atoms with van der Waals surface area (Å²) in [5.41, 5.74) is 0.670. The van der Waals surface area contributed by atoms with Crippen molar-refractivity contribution in [2.24, 2.45) is 0 Å². The van der Waals surface area contributed by atoms with Crippen LogP contribution in [0.1, 0.15) is 24.0 Å². The quantitative estimate of drug-likeness (QED) is 0.789. The first kappa shape index (κ1) is 12.9. The van der Waals surface area contributed by atoms with Crippen molar-refractivity contribution in [1.82, 2.24) is 4.57 Å². The molecule has 1 aromatic carbocycles. The van der Waals surface area contributed by atoms with E-state index in [-0.39, 0.29) is 11.8 Å². The minimum Gasteiger partial charge on any atom is -0.494 e. The van der Waals surface area contributed by atoms with E-state index in [1.165, 1.54) is 0 Å². The van der Waals surface area contributed by atoms with E-state index in [0.29, 0.717) is 24.0 Å². The van der Waals surface area contributed by atoms with Crippen molar-refractivity contribution in [3.05, 3.63) is 40.7 Å². The molecule has 2 N–H and O–H groups in total. The molecular formula is C14H12F3NO2. The number of rotatable bonds is 1. The lowest BCUT2D eigenvalue weighted by Crippen LogP contribution is -2.01. The number of hydrogen-bond donors (Lipinski definition) is 2. The summed E-state index contributed by atoms with van der Waals surface area (Å²) in [4.78, 5) is 0. The molecule has 0 fully saturated rings. The van der Waals surface area contributed by atoms with Crippen molar-refractivity contribution in [3.63, 3.8) is 0 Å². The van der Waals surface area contributed by atoms with Gasteiger partial charge in [0.25, 0.3) is 0 Å². The number of fused-ring (bicyclic) bond motifs is 1. The highest BCUT2D eigenvalue weighted by molar-refractivity contribution is 5.54. The maximum atomic E-state index is 13.8. The molecule has 0 radical (unpaired) electrons. The zero-order chi connectivity index (χ0) is 14.4. The van der Waals surface area contributed by atoms with Crippen LogP contribution >= 0.6 is 0 Å². The molecule has 1 aliphatic rings. The third kappa shape index (κ3) is 1.67. The van der Waals surface area contributed by atoms with E-state index in [0.717, 1.165) is 29.5 Å². The molecule has 0 amide bonds. The Hall–Kier alpha value is -2.11.